The van der Waals surface area contributed by atoms with Crippen LogP contribution < -0.4 is 0 Å². The Balaban J connectivity index is 0. The van der Waals surface area contributed by atoms with Crippen LogP contribution in [0.1, 0.15) is 13.8 Å². The van der Waals surface area contributed by atoms with Crippen LogP contribution in [0.3, 0.4) is 0 Å². The molecule has 8 heteroatoms. The average Bonchev–Trinajstić information content (AvgIpc) is 1.83. The number of carbonyl (C=O) groups is 1. The first-order chi connectivity index (χ1) is 5.50. The molecule has 0 aromatic carbocycles. The van der Waals surface area contributed by atoms with E-state index in [2.05, 4.69) is 0 Å². The van der Waals surface area contributed by atoms with Crippen molar-refractivity contribution in [1.29, 1.82) is 0 Å². The average molecular weight is 328 g/mol. The van der Waals surface area contributed by atoms with E-state index in [0.29, 0.717) is 0 Å². The Hall–Kier alpha value is 1.84. The van der Waals surface area contributed by atoms with Gasteiger partial charge in [0.15, 0.2) is 0 Å². The molecule has 0 bridgehead atoms. The van der Waals surface area contributed by atoms with Crippen molar-refractivity contribution in [2.75, 3.05) is 5.88 Å². The van der Waals surface area contributed by atoms with Gasteiger partial charge in [-0.3, -0.25) is 4.79 Å². The quantitative estimate of drug-likeness (QED) is 0.364. The van der Waals surface area contributed by atoms with Gasteiger partial charge in [0.25, 0.3) is 0 Å². The molecular weight excluding hydrogens is 320 g/mol. The van der Waals surface area contributed by atoms with Crippen molar-refractivity contribution in [1.82, 2.24) is 0 Å². The Labute approximate surface area is 107 Å². The molecule has 0 rings (SSSR count). The van der Waals surface area contributed by atoms with Gasteiger partial charge in [-0.25, -0.2) is 0 Å². The molecule has 0 N–H and O–H groups in total. The highest BCUT2D eigenvalue weighted by Crippen LogP contribution is 2.78. The molecule has 0 aromatic rings. The van der Waals surface area contributed by atoms with Crippen molar-refractivity contribution in [2.45, 2.75) is 13.8 Å². The van der Waals surface area contributed by atoms with Crippen LogP contribution in [-0.2, 0) is 4.79 Å². The molecule has 0 aliphatic carbocycles. The topological polar surface area (TPSA) is 17.1 Å². The zero-order valence-electron chi connectivity index (χ0n) is 6.83. The lowest BCUT2D eigenvalue weighted by atomic mass is 9.99. The smallest absolute Gasteiger partial charge is 0.281 e. The lowest BCUT2D eigenvalue weighted by molar-refractivity contribution is -0.118. The number of carbonyl (C=O) groups excluding carboxylic acids is 1. The third-order valence-corrected chi connectivity index (χ3v) is 2.05. The maximum atomic E-state index is 10.4. The van der Waals surface area contributed by atoms with Gasteiger partial charge >= 0.3 is 4.67 Å². The molecule has 0 spiro atoms. The van der Waals surface area contributed by atoms with Crippen molar-refractivity contribution < 1.29 is 4.79 Å². The van der Waals surface area contributed by atoms with Crippen LogP contribution in [0.25, 0.3) is 0 Å². The fourth-order valence-corrected chi connectivity index (χ4v) is 0.309. The summed E-state index contributed by atoms with van der Waals surface area (Å²) in [5.74, 6) is 0.273. The van der Waals surface area contributed by atoms with E-state index < -0.39 is 10.1 Å². The maximum absolute atomic E-state index is 10.4. The Morgan fingerprint density at radius 1 is 1.23 bits per heavy atom. The molecule has 0 amide bonds. The fourth-order valence-electron chi connectivity index (χ4n) is 0.0525. The number of alkyl halides is 1. The van der Waals surface area contributed by atoms with Crippen LogP contribution in [0.15, 0.2) is 0 Å². The molecule has 80 valence electrons. The first kappa shape index (κ1) is 17.2. The second-order valence-corrected chi connectivity index (χ2v) is 13.3. The molecule has 0 saturated carbocycles. The summed E-state index contributed by atoms with van der Waals surface area (Å²) in [6.07, 6.45) is 0. The summed E-state index contributed by atoms with van der Waals surface area (Å²) in [4.78, 5) is 10.4. The minimum Gasteiger partial charge on any atom is -0.281 e. The summed E-state index contributed by atoms with van der Waals surface area (Å²) in [6, 6.07) is 0. The van der Waals surface area contributed by atoms with Gasteiger partial charge in [-0.15, -0.1) is 11.6 Å². The second kappa shape index (κ2) is 7.17. The fraction of sp³-hybridized carbons (Fsp3) is 0.800. The van der Waals surface area contributed by atoms with Crippen LogP contribution >= 0.6 is 72.8 Å². The summed E-state index contributed by atoms with van der Waals surface area (Å²) in [5, 5.41) is -0.382. The third kappa shape index (κ3) is 16.5. The van der Waals surface area contributed by atoms with E-state index in [1.807, 2.05) is 0 Å². The third-order valence-electron chi connectivity index (χ3n) is 0.866. The summed E-state index contributed by atoms with van der Waals surface area (Å²) in [6.45, 7) is 3.41. The lowest BCUT2D eigenvalue weighted by Crippen LogP contribution is -2.20. The highest BCUT2D eigenvalue weighted by molar-refractivity contribution is 8.46. The summed E-state index contributed by atoms with van der Waals surface area (Å²) < 4.78 is -2.50. The Kier molecular flexibility index (Phi) is 9.51. The van der Waals surface area contributed by atoms with Crippen molar-refractivity contribution >= 4 is 78.1 Å². The Bertz CT molecular complexity index is 159. The number of hydrogen-bond donors (Lipinski definition) is 0. The van der Waals surface area contributed by atoms with Crippen LogP contribution in [0.5, 0.6) is 0 Å². The summed E-state index contributed by atoms with van der Waals surface area (Å²) in [7, 11) is 0. The van der Waals surface area contributed by atoms with Gasteiger partial charge in [0.05, 0.1) is 5.41 Å². The van der Waals surface area contributed by atoms with Gasteiger partial charge < -0.3 is 0 Å². The van der Waals surface area contributed by atoms with E-state index in [1.165, 1.54) is 0 Å². The van der Waals surface area contributed by atoms with Gasteiger partial charge in [-0.05, 0) is 11.6 Å². The largest absolute Gasteiger partial charge is 0.402 e. The van der Waals surface area contributed by atoms with E-state index in [0.717, 1.165) is 0 Å². The molecule has 0 radical (unpaired) electrons. The molecule has 13 heavy (non-hydrogen) atoms. The van der Waals surface area contributed by atoms with Gasteiger partial charge in [-0.1, -0.05) is 13.8 Å². The molecule has 0 aromatic heterocycles. The first-order valence-corrected chi connectivity index (χ1v) is 9.26. The van der Waals surface area contributed by atoms with Gasteiger partial charge in [0.2, 0.25) is 5.24 Å². The van der Waals surface area contributed by atoms with Crippen molar-refractivity contribution in [3.63, 3.8) is 0 Å². The monoisotopic (exact) mass is 325 g/mol. The predicted octanol–water partition coefficient (Wildman–Crippen LogP) is 5.64. The SMILES string of the molecule is CC(C)(CCl)C(=O)Cl.Cl[P+](Cl)(Cl)Cl. The zero-order chi connectivity index (χ0) is 11.3. The van der Waals surface area contributed by atoms with E-state index in [9.17, 15) is 4.79 Å². The second-order valence-electron chi connectivity index (χ2n) is 2.67. The Morgan fingerprint density at radius 2 is 1.46 bits per heavy atom. The molecular formula is C5H8Cl6OP+. The number of rotatable bonds is 2. The Morgan fingerprint density at radius 3 is 1.46 bits per heavy atom. The summed E-state index contributed by atoms with van der Waals surface area (Å²) in [5.41, 5.74) is -0.566. The predicted molar refractivity (Wildman–Crippen MR) is 65.7 cm³/mol. The van der Waals surface area contributed by atoms with Crippen molar-refractivity contribution in [3.8, 4) is 0 Å². The minimum absolute atomic E-state index is 0.273. The van der Waals surface area contributed by atoms with Crippen molar-refractivity contribution in [3.05, 3.63) is 0 Å². The van der Waals surface area contributed by atoms with E-state index in [-0.39, 0.29) is 11.1 Å². The van der Waals surface area contributed by atoms with Gasteiger partial charge in [0, 0.05) is 5.88 Å². The normalized spacial score (nSPS) is 11.7. The van der Waals surface area contributed by atoms with Crippen LogP contribution in [0.4, 0.5) is 0 Å². The maximum Gasteiger partial charge on any atom is 0.402 e. The first-order valence-electron chi connectivity index (χ1n) is 2.94. The van der Waals surface area contributed by atoms with Gasteiger partial charge in [0.1, 0.15) is 45.0 Å². The zero-order valence-corrected chi connectivity index (χ0v) is 12.3. The van der Waals surface area contributed by atoms with Gasteiger partial charge in [-0.2, -0.15) is 0 Å². The summed E-state index contributed by atoms with van der Waals surface area (Å²) >= 11 is 30.3. The van der Waals surface area contributed by atoms with E-state index in [1.54, 1.807) is 13.8 Å². The van der Waals surface area contributed by atoms with E-state index in [4.69, 9.17) is 68.2 Å². The molecule has 0 aliphatic heterocycles. The van der Waals surface area contributed by atoms with Crippen LogP contribution in [0.2, 0.25) is 0 Å². The standard InChI is InChI=1S/C5H8Cl2O.Cl4P/c1-5(2,3-6)4(7)8;1-5(2,3)4/h3H2,1-2H3;/q;+1. The molecule has 0 atom stereocenters. The van der Waals surface area contributed by atoms with Crippen LogP contribution in [-0.4, -0.2) is 11.1 Å². The molecule has 0 aliphatic rings. The van der Waals surface area contributed by atoms with E-state index >= 15 is 0 Å². The molecule has 0 unspecified atom stereocenters. The minimum atomic E-state index is -2.50. The molecule has 0 heterocycles. The van der Waals surface area contributed by atoms with Crippen molar-refractivity contribution in [2.24, 2.45) is 5.41 Å². The molecule has 0 saturated heterocycles. The van der Waals surface area contributed by atoms with Crippen LogP contribution in [0, 0.1) is 5.41 Å². The molecule has 0 fully saturated rings. The number of hydrogen-bond acceptors (Lipinski definition) is 1. The number of halogens is 6. The molecule has 1 nitrogen and oxygen atoms in total. The lowest BCUT2D eigenvalue weighted by Gasteiger charge is -2.13. The highest BCUT2D eigenvalue weighted by atomic mass is 36.2. The highest BCUT2D eigenvalue weighted by Gasteiger charge is 2.28.